The molecule has 138 valence electrons. The predicted molar refractivity (Wildman–Crippen MR) is 98.2 cm³/mol. The average molecular weight is 357 g/mol. The number of aromatic amines is 1. The molecule has 1 amide bonds. The van der Waals surface area contributed by atoms with Gasteiger partial charge in [-0.3, -0.25) is 19.1 Å². The van der Waals surface area contributed by atoms with Crippen molar-refractivity contribution < 1.29 is 4.79 Å². The molecule has 0 saturated heterocycles. The smallest absolute Gasteiger partial charge is 0.329 e. The summed E-state index contributed by atoms with van der Waals surface area (Å²) in [5, 5.41) is 8.84. The molecule has 0 unspecified atom stereocenters. The summed E-state index contributed by atoms with van der Waals surface area (Å²) < 4.78 is 1.40. The average Bonchev–Trinajstić information content (AvgIpc) is 2.61. The van der Waals surface area contributed by atoms with Gasteiger partial charge in [0.2, 0.25) is 0 Å². The Morgan fingerprint density at radius 1 is 1.42 bits per heavy atom. The van der Waals surface area contributed by atoms with Crippen LogP contribution in [-0.4, -0.2) is 38.9 Å². The molecule has 0 radical (unpaired) electrons. The lowest BCUT2D eigenvalue weighted by Crippen LogP contribution is -2.34. The fraction of sp³-hybridized carbons (Fsp3) is 0.500. The molecule has 2 rings (SSSR count). The number of aromatic nitrogens is 3. The van der Waals surface area contributed by atoms with E-state index >= 15 is 0 Å². The van der Waals surface area contributed by atoms with Crippen LogP contribution in [0.4, 0.5) is 0 Å². The molecular weight excluding hydrogens is 334 g/mol. The summed E-state index contributed by atoms with van der Waals surface area (Å²) in [7, 11) is 1.58. The predicted octanol–water partition coefficient (Wildman–Crippen LogP) is 1.60. The Balaban J connectivity index is 2.82. The van der Waals surface area contributed by atoms with Crippen molar-refractivity contribution in [1.29, 1.82) is 5.26 Å². The minimum Gasteiger partial charge on any atom is -0.341 e. The van der Waals surface area contributed by atoms with Gasteiger partial charge in [0, 0.05) is 25.8 Å². The highest BCUT2D eigenvalue weighted by molar-refractivity contribution is 6.05. The van der Waals surface area contributed by atoms with E-state index in [2.05, 4.69) is 9.97 Å². The van der Waals surface area contributed by atoms with Gasteiger partial charge in [-0.2, -0.15) is 5.26 Å². The number of fused-ring (bicyclic) bond motifs is 1. The van der Waals surface area contributed by atoms with Crippen LogP contribution in [0.15, 0.2) is 15.7 Å². The second-order valence-corrected chi connectivity index (χ2v) is 6.49. The van der Waals surface area contributed by atoms with Crippen LogP contribution in [0.2, 0.25) is 0 Å². The second-order valence-electron chi connectivity index (χ2n) is 6.49. The number of rotatable bonds is 6. The molecule has 0 bridgehead atoms. The van der Waals surface area contributed by atoms with E-state index in [4.69, 9.17) is 5.26 Å². The van der Waals surface area contributed by atoms with Crippen LogP contribution in [-0.2, 0) is 6.54 Å². The topological polar surface area (TPSA) is 112 Å². The van der Waals surface area contributed by atoms with E-state index in [1.807, 2.05) is 26.8 Å². The lowest BCUT2D eigenvalue weighted by Gasteiger charge is -2.19. The SMILES string of the molecule is CCCn1c(=O)[nH]c(=O)c2c(C(=O)N(C)CCC#N)cc(C(C)C)nc21. The van der Waals surface area contributed by atoms with Crippen molar-refractivity contribution in [3.8, 4) is 6.07 Å². The van der Waals surface area contributed by atoms with Gasteiger partial charge in [-0.15, -0.1) is 0 Å². The lowest BCUT2D eigenvalue weighted by atomic mass is 10.0. The number of carbonyl (C=O) groups excluding carboxylic acids is 1. The van der Waals surface area contributed by atoms with Gasteiger partial charge in [-0.1, -0.05) is 20.8 Å². The van der Waals surface area contributed by atoms with Crippen LogP contribution in [0.1, 0.15) is 55.6 Å². The number of aryl methyl sites for hydroxylation is 1. The van der Waals surface area contributed by atoms with Crippen LogP contribution in [0.25, 0.3) is 11.0 Å². The molecule has 0 spiro atoms. The Hall–Kier alpha value is -2.95. The van der Waals surface area contributed by atoms with Crippen molar-refractivity contribution in [1.82, 2.24) is 19.4 Å². The van der Waals surface area contributed by atoms with Gasteiger partial charge < -0.3 is 4.90 Å². The maximum absolute atomic E-state index is 12.9. The maximum Gasteiger partial charge on any atom is 0.329 e. The Bertz CT molecular complexity index is 981. The summed E-state index contributed by atoms with van der Waals surface area (Å²) in [6.45, 7) is 6.41. The van der Waals surface area contributed by atoms with Gasteiger partial charge in [-0.25, -0.2) is 9.78 Å². The molecular formula is C18H23N5O3. The molecule has 8 nitrogen and oxygen atoms in total. The first kappa shape index (κ1) is 19.4. The third kappa shape index (κ3) is 3.67. The van der Waals surface area contributed by atoms with Crippen LogP contribution in [0.5, 0.6) is 0 Å². The highest BCUT2D eigenvalue weighted by Gasteiger charge is 2.22. The summed E-state index contributed by atoms with van der Waals surface area (Å²) in [6, 6.07) is 3.60. The van der Waals surface area contributed by atoms with Crippen LogP contribution >= 0.6 is 0 Å². The van der Waals surface area contributed by atoms with Gasteiger partial charge in [0.05, 0.1) is 23.4 Å². The number of nitrogens with zero attached hydrogens (tertiary/aromatic N) is 4. The molecule has 2 aromatic heterocycles. The molecule has 0 saturated carbocycles. The zero-order valence-corrected chi connectivity index (χ0v) is 15.5. The Morgan fingerprint density at radius 2 is 2.12 bits per heavy atom. The van der Waals surface area contributed by atoms with Gasteiger partial charge in [0.15, 0.2) is 5.65 Å². The maximum atomic E-state index is 12.9. The van der Waals surface area contributed by atoms with Crippen molar-refractivity contribution in [3.05, 3.63) is 38.2 Å². The summed E-state index contributed by atoms with van der Waals surface area (Å²) in [6.07, 6.45) is 0.874. The Kier molecular flexibility index (Phi) is 5.93. The number of nitriles is 1. The third-order valence-electron chi connectivity index (χ3n) is 4.14. The van der Waals surface area contributed by atoms with E-state index in [9.17, 15) is 14.4 Å². The molecule has 26 heavy (non-hydrogen) atoms. The van der Waals surface area contributed by atoms with E-state index in [1.165, 1.54) is 9.47 Å². The number of amides is 1. The summed E-state index contributed by atoms with van der Waals surface area (Å²) in [4.78, 5) is 45.8. The number of carbonyl (C=O) groups is 1. The molecule has 1 N–H and O–H groups in total. The van der Waals surface area contributed by atoms with E-state index in [0.29, 0.717) is 18.7 Å². The third-order valence-corrected chi connectivity index (χ3v) is 4.14. The number of pyridine rings is 1. The van der Waals surface area contributed by atoms with Crippen molar-refractivity contribution in [2.24, 2.45) is 0 Å². The second kappa shape index (κ2) is 7.95. The first-order chi connectivity index (χ1) is 12.3. The summed E-state index contributed by atoms with van der Waals surface area (Å²) in [5.74, 6) is -0.360. The molecule has 0 aliphatic heterocycles. The minimum absolute atomic E-state index is 0.0137. The van der Waals surface area contributed by atoms with Crippen LogP contribution in [0, 0.1) is 11.3 Å². The number of nitrogens with one attached hydrogen (secondary N) is 1. The van der Waals surface area contributed by atoms with Gasteiger partial charge in [0.1, 0.15) is 0 Å². The fourth-order valence-electron chi connectivity index (χ4n) is 2.71. The summed E-state index contributed by atoms with van der Waals surface area (Å²) >= 11 is 0. The first-order valence-electron chi connectivity index (χ1n) is 8.62. The van der Waals surface area contributed by atoms with Gasteiger partial charge >= 0.3 is 5.69 Å². The molecule has 0 aliphatic carbocycles. The standard InChI is InChI=1S/C18H23N5O3/c1-5-8-23-15-14(16(24)21-18(23)26)12(10-13(20-15)11(2)3)17(25)22(4)9-6-7-19/h10-11H,5-6,8-9H2,1-4H3,(H,21,24,26). The minimum atomic E-state index is -0.628. The van der Waals surface area contributed by atoms with E-state index in [-0.39, 0.29) is 41.4 Å². The van der Waals surface area contributed by atoms with Gasteiger partial charge in [0.25, 0.3) is 11.5 Å². The van der Waals surface area contributed by atoms with Crippen LogP contribution in [0.3, 0.4) is 0 Å². The fourth-order valence-corrected chi connectivity index (χ4v) is 2.71. The largest absolute Gasteiger partial charge is 0.341 e. The van der Waals surface area contributed by atoms with Crippen molar-refractivity contribution in [2.45, 2.75) is 46.1 Å². The molecule has 0 fully saturated rings. The normalized spacial score (nSPS) is 10.9. The zero-order chi connectivity index (χ0) is 19.4. The molecule has 8 heteroatoms. The molecule has 2 aromatic rings. The van der Waals surface area contributed by atoms with E-state index < -0.39 is 11.2 Å². The van der Waals surface area contributed by atoms with Crippen LogP contribution < -0.4 is 11.2 Å². The highest BCUT2D eigenvalue weighted by atomic mass is 16.2. The molecule has 0 aliphatic rings. The van der Waals surface area contributed by atoms with Crippen molar-refractivity contribution >= 4 is 16.9 Å². The lowest BCUT2D eigenvalue weighted by molar-refractivity contribution is 0.0799. The van der Waals surface area contributed by atoms with E-state index in [0.717, 1.165) is 0 Å². The van der Waals surface area contributed by atoms with Gasteiger partial charge in [-0.05, 0) is 18.4 Å². The van der Waals surface area contributed by atoms with E-state index in [1.54, 1.807) is 13.1 Å². The molecule has 2 heterocycles. The first-order valence-corrected chi connectivity index (χ1v) is 8.62. The number of hydrogen-bond acceptors (Lipinski definition) is 5. The Labute approximate surface area is 151 Å². The van der Waals surface area contributed by atoms with Crippen molar-refractivity contribution in [2.75, 3.05) is 13.6 Å². The number of hydrogen-bond donors (Lipinski definition) is 1. The zero-order valence-electron chi connectivity index (χ0n) is 15.5. The molecule has 0 aromatic carbocycles. The summed E-state index contributed by atoms with van der Waals surface area (Å²) in [5.41, 5.74) is -0.107. The Morgan fingerprint density at radius 3 is 2.69 bits per heavy atom. The number of H-pyrrole nitrogens is 1. The monoisotopic (exact) mass is 357 g/mol. The molecule has 0 atom stereocenters. The highest BCUT2D eigenvalue weighted by Crippen LogP contribution is 2.21. The quantitative estimate of drug-likeness (QED) is 0.844. The van der Waals surface area contributed by atoms with Crippen molar-refractivity contribution in [3.63, 3.8) is 0 Å².